The quantitative estimate of drug-likeness (QED) is 0.584. The zero-order valence-electron chi connectivity index (χ0n) is 19.4. The smallest absolute Gasteiger partial charge is 0.254 e. The summed E-state index contributed by atoms with van der Waals surface area (Å²) in [6, 6.07) is 15.8. The van der Waals surface area contributed by atoms with E-state index < -0.39 is 6.10 Å². The summed E-state index contributed by atoms with van der Waals surface area (Å²) >= 11 is 0. The fourth-order valence-electron chi connectivity index (χ4n) is 5.47. The number of nitrogens with zero attached hydrogens (tertiary/aromatic N) is 1. The van der Waals surface area contributed by atoms with E-state index in [0.717, 1.165) is 32.1 Å². The van der Waals surface area contributed by atoms with Gasteiger partial charge >= 0.3 is 0 Å². The molecule has 7 nitrogen and oxygen atoms in total. The lowest BCUT2D eigenvalue weighted by Crippen LogP contribution is -2.57. The fraction of sp³-hybridized carbons (Fsp3) is 0.481. The van der Waals surface area contributed by atoms with Gasteiger partial charge in [-0.05, 0) is 67.5 Å². The molecule has 0 spiro atoms. The van der Waals surface area contributed by atoms with Crippen molar-refractivity contribution in [3.8, 4) is 0 Å². The minimum Gasteiger partial charge on any atom is -0.390 e. The highest BCUT2D eigenvalue weighted by Gasteiger charge is 2.38. The van der Waals surface area contributed by atoms with Gasteiger partial charge in [-0.2, -0.15) is 0 Å². The maximum atomic E-state index is 13.1. The molecule has 2 bridgehead atoms. The Bertz CT molecular complexity index is 978. The van der Waals surface area contributed by atoms with Crippen molar-refractivity contribution in [2.45, 2.75) is 56.3 Å². The number of amides is 2. The SMILES string of the molecule is O=C(NC[C@@H](O)CNC1Cc2ccccc2C1)c1ccc(C(=O)N2[C@@H]3CCC[C@H]2COC3)cc1. The molecule has 1 aliphatic carbocycles. The molecule has 3 N–H and O–H groups in total. The van der Waals surface area contributed by atoms with E-state index in [4.69, 9.17) is 4.74 Å². The molecule has 0 saturated carbocycles. The highest BCUT2D eigenvalue weighted by Crippen LogP contribution is 2.29. The minimum atomic E-state index is -0.672. The lowest BCUT2D eigenvalue weighted by Gasteiger charge is -2.45. The second kappa shape index (κ2) is 10.3. The molecule has 0 unspecified atom stereocenters. The molecule has 2 aromatic carbocycles. The third-order valence-electron chi connectivity index (χ3n) is 7.30. The number of aliphatic hydroxyl groups excluding tert-OH is 1. The van der Waals surface area contributed by atoms with Crippen LogP contribution in [0.5, 0.6) is 0 Å². The maximum absolute atomic E-state index is 13.1. The number of fused-ring (bicyclic) bond motifs is 3. The van der Waals surface area contributed by atoms with Crippen molar-refractivity contribution in [3.05, 3.63) is 70.8 Å². The van der Waals surface area contributed by atoms with Gasteiger partial charge in [-0.3, -0.25) is 9.59 Å². The molecule has 2 aliphatic heterocycles. The first-order chi connectivity index (χ1) is 16.6. The number of morpholine rings is 1. The van der Waals surface area contributed by atoms with Crippen LogP contribution in [0.4, 0.5) is 0 Å². The predicted octanol–water partition coefficient (Wildman–Crippen LogP) is 1.93. The molecule has 2 fully saturated rings. The van der Waals surface area contributed by atoms with Gasteiger partial charge in [-0.15, -0.1) is 0 Å². The largest absolute Gasteiger partial charge is 0.390 e. The van der Waals surface area contributed by atoms with Crippen LogP contribution in [0.25, 0.3) is 0 Å². The van der Waals surface area contributed by atoms with Crippen molar-refractivity contribution in [1.82, 2.24) is 15.5 Å². The highest BCUT2D eigenvalue weighted by atomic mass is 16.5. The topological polar surface area (TPSA) is 90.9 Å². The van der Waals surface area contributed by atoms with Crippen molar-refractivity contribution in [1.29, 1.82) is 0 Å². The Morgan fingerprint density at radius 1 is 0.941 bits per heavy atom. The first kappa shape index (κ1) is 23.0. The molecule has 180 valence electrons. The van der Waals surface area contributed by atoms with Crippen LogP contribution in [-0.4, -0.2) is 72.4 Å². The molecule has 2 amide bonds. The molecule has 2 aromatic rings. The van der Waals surface area contributed by atoms with Crippen LogP contribution in [-0.2, 0) is 17.6 Å². The summed E-state index contributed by atoms with van der Waals surface area (Å²) in [5.41, 5.74) is 3.80. The van der Waals surface area contributed by atoms with Crippen molar-refractivity contribution < 1.29 is 19.4 Å². The summed E-state index contributed by atoms with van der Waals surface area (Å²) in [5, 5.41) is 16.5. The third kappa shape index (κ3) is 5.02. The zero-order chi connectivity index (χ0) is 23.5. The van der Waals surface area contributed by atoms with Crippen LogP contribution < -0.4 is 10.6 Å². The molecule has 7 heteroatoms. The van der Waals surface area contributed by atoms with Gasteiger partial charge in [0.2, 0.25) is 0 Å². The Labute approximate surface area is 200 Å². The van der Waals surface area contributed by atoms with Crippen LogP contribution >= 0.6 is 0 Å². The number of hydrogen-bond acceptors (Lipinski definition) is 5. The molecule has 3 aliphatic rings. The molecule has 3 atom stereocenters. The molecule has 0 radical (unpaired) electrons. The number of hydrogen-bond donors (Lipinski definition) is 3. The summed E-state index contributed by atoms with van der Waals surface area (Å²) in [6.07, 6.45) is 4.35. The average Bonchev–Trinajstić information content (AvgIpc) is 3.28. The molecule has 5 rings (SSSR count). The second-order valence-corrected chi connectivity index (χ2v) is 9.71. The number of nitrogens with one attached hydrogen (secondary N) is 2. The van der Waals surface area contributed by atoms with E-state index in [0.29, 0.717) is 36.9 Å². The van der Waals surface area contributed by atoms with E-state index in [1.807, 2.05) is 4.90 Å². The van der Waals surface area contributed by atoms with Gasteiger partial charge in [0.25, 0.3) is 11.8 Å². The number of benzene rings is 2. The van der Waals surface area contributed by atoms with Gasteiger partial charge in [0.15, 0.2) is 0 Å². The Morgan fingerprint density at radius 2 is 1.56 bits per heavy atom. The van der Waals surface area contributed by atoms with Crippen LogP contribution in [0.15, 0.2) is 48.5 Å². The number of rotatable bonds is 7. The fourth-order valence-corrected chi connectivity index (χ4v) is 5.47. The lowest BCUT2D eigenvalue weighted by atomic mass is 9.93. The van der Waals surface area contributed by atoms with E-state index in [-0.39, 0.29) is 30.4 Å². The molecule has 0 aromatic heterocycles. The van der Waals surface area contributed by atoms with Gasteiger partial charge in [0, 0.05) is 30.3 Å². The molecule has 2 saturated heterocycles. The van der Waals surface area contributed by atoms with Crippen molar-refractivity contribution in [3.63, 3.8) is 0 Å². The van der Waals surface area contributed by atoms with Crippen molar-refractivity contribution in [2.24, 2.45) is 0 Å². The zero-order valence-corrected chi connectivity index (χ0v) is 19.4. The number of carbonyl (C=O) groups is 2. The van der Waals surface area contributed by atoms with E-state index in [1.165, 1.54) is 11.1 Å². The van der Waals surface area contributed by atoms with E-state index in [9.17, 15) is 14.7 Å². The summed E-state index contributed by atoms with van der Waals surface area (Å²) in [5.74, 6) is -0.241. The van der Waals surface area contributed by atoms with E-state index in [1.54, 1.807) is 24.3 Å². The number of carbonyl (C=O) groups excluding carboxylic acids is 2. The summed E-state index contributed by atoms with van der Waals surface area (Å²) in [6.45, 7) is 1.80. The Kier molecular flexibility index (Phi) is 6.94. The number of ether oxygens (including phenoxy) is 1. The molecular formula is C27H33N3O4. The first-order valence-electron chi connectivity index (χ1n) is 12.4. The number of aliphatic hydroxyl groups is 1. The monoisotopic (exact) mass is 463 g/mol. The van der Waals surface area contributed by atoms with E-state index in [2.05, 4.69) is 34.9 Å². The first-order valence-corrected chi connectivity index (χ1v) is 12.4. The summed E-state index contributed by atoms with van der Waals surface area (Å²) in [7, 11) is 0. The van der Waals surface area contributed by atoms with Gasteiger partial charge in [-0.25, -0.2) is 0 Å². The van der Waals surface area contributed by atoms with Crippen LogP contribution in [0.2, 0.25) is 0 Å². The van der Waals surface area contributed by atoms with Crippen LogP contribution in [0.1, 0.15) is 51.1 Å². The average molecular weight is 464 g/mol. The predicted molar refractivity (Wildman–Crippen MR) is 129 cm³/mol. The standard InChI is InChI=1S/C27H33N3O4/c31-25(14-28-22-12-20-4-1-2-5-21(20)13-22)15-29-26(32)18-8-10-19(11-9-18)27(33)30-23-6-3-7-24(30)17-34-16-23/h1-2,4-5,8-11,22-25,28,31H,3,6-7,12-17H2,(H,29,32)/t23-,24+,25-/m0/s1. The molecule has 2 heterocycles. The lowest BCUT2D eigenvalue weighted by molar-refractivity contribution is -0.0565. The second-order valence-electron chi connectivity index (χ2n) is 9.71. The Balaban J connectivity index is 1.08. The van der Waals surface area contributed by atoms with Crippen LogP contribution in [0, 0.1) is 0 Å². The van der Waals surface area contributed by atoms with Gasteiger partial charge < -0.3 is 25.4 Å². The Hall–Kier alpha value is -2.74. The summed E-state index contributed by atoms with van der Waals surface area (Å²) in [4.78, 5) is 27.6. The minimum absolute atomic E-state index is 0.0144. The third-order valence-corrected chi connectivity index (χ3v) is 7.30. The van der Waals surface area contributed by atoms with Crippen molar-refractivity contribution >= 4 is 11.8 Å². The van der Waals surface area contributed by atoms with Crippen LogP contribution in [0.3, 0.4) is 0 Å². The maximum Gasteiger partial charge on any atom is 0.254 e. The highest BCUT2D eigenvalue weighted by molar-refractivity contribution is 5.98. The van der Waals surface area contributed by atoms with Gasteiger partial charge in [-0.1, -0.05) is 24.3 Å². The van der Waals surface area contributed by atoms with Gasteiger partial charge in [0.05, 0.1) is 31.4 Å². The van der Waals surface area contributed by atoms with E-state index >= 15 is 0 Å². The summed E-state index contributed by atoms with van der Waals surface area (Å²) < 4.78 is 5.64. The van der Waals surface area contributed by atoms with Crippen molar-refractivity contribution in [2.75, 3.05) is 26.3 Å². The normalized spacial score (nSPS) is 22.8. The molecule has 34 heavy (non-hydrogen) atoms. The Morgan fingerprint density at radius 3 is 2.21 bits per heavy atom. The molecular weight excluding hydrogens is 430 g/mol. The number of piperidine rings is 1. The van der Waals surface area contributed by atoms with Gasteiger partial charge in [0.1, 0.15) is 0 Å².